The van der Waals surface area contributed by atoms with Crippen LogP contribution in [-0.2, 0) is 11.2 Å². The monoisotopic (exact) mass is 834 g/mol. The van der Waals surface area contributed by atoms with Crippen molar-refractivity contribution < 1.29 is 51.9 Å². The molecule has 0 radical (unpaired) electrons. The number of carboxylic acid groups (broad SMARTS) is 1. The first-order valence-electron chi connectivity index (χ1n) is 19.3. The van der Waals surface area contributed by atoms with Crippen LogP contribution in [0.1, 0.15) is 111 Å². The second-order valence-electron chi connectivity index (χ2n) is 15.5. The summed E-state index contributed by atoms with van der Waals surface area (Å²) in [6, 6.07) is 12.8. The van der Waals surface area contributed by atoms with Crippen LogP contribution in [0.3, 0.4) is 0 Å². The lowest BCUT2D eigenvalue weighted by molar-refractivity contribution is 0.0518. The Labute approximate surface area is 340 Å². The number of rotatable bonds is 12. The molecule has 1 amide bonds. The van der Waals surface area contributed by atoms with Gasteiger partial charge in [-0.15, -0.1) is 0 Å². The van der Waals surface area contributed by atoms with Gasteiger partial charge in [-0.2, -0.15) is 30.0 Å². The van der Waals surface area contributed by atoms with Crippen LogP contribution in [0.4, 0.5) is 17.6 Å². The van der Waals surface area contributed by atoms with Gasteiger partial charge in [-0.05, 0) is 91.5 Å². The molecule has 2 aliphatic heterocycles. The van der Waals surface area contributed by atoms with Gasteiger partial charge in [0.25, 0.3) is 18.8 Å². The summed E-state index contributed by atoms with van der Waals surface area (Å²) in [6.45, 7) is 10.6. The number of para-hydroxylation sites is 2. The number of carbonyl (C=O) groups is 2. The van der Waals surface area contributed by atoms with Crippen molar-refractivity contribution in [1.82, 2.24) is 40.2 Å². The van der Waals surface area contributed by atoms with E-state index in [0.29, 0.717) is 30.0 Å². The number of likely N-dealkylation sites (tertiary alicyclic amines) is 1. The Bertz CT molecular complexity index is 1940. The number of halogens is 4. The number of hydrogen-bond donors (Lipinski definition) is 4. The van der Waals surface area contributed by atoms with Crippen molar-refractivity contribution in [3.05, 3.63) is 83.4 Å². The molecule has 0 unspecified atom stereocenters. The van der Waals surface area contributed by atoms with Gasteiger partial charge in [-0.1, -0.05) is 24.3 Å². The number of aromatic nitrogens is 6. The summed E-state index contributed by atoms with van der Waals surface area (Å²) in [7, 11) is 0. The van der Waals surface area contributed by atoms with E-state index in [1.54, 1.807) is 66.6 Å². The zero-order valence-corrected chi connectivity index (χ0v) is 34.0. The minimum atomic E-state index is -2.62. The molecule has 0 bridgehead atoms. The third-order valence-corrected chi connectivity index (χ3v) is 9.64. The number of aliphatic hydroxyl groups is 2. The number of carbonyl (C=O) groups excluding carboxylic acids is 1. The first-order chi connectivity index (χ1) is 27.7. The third kappa shape index (κ3) is 13.7. The third-order valence-electron chi connectivity index (χ3n) is 9.64. The van der Waals surface area contributed by atoms with Crippen molar-refractivity contribution in [2.75, 3.05) is 26.3 Å². The van der Waals surface area contributed by atoms with E-state index in [2.05, 4.69) is 37.4 Å². The predicted molar refractivity (Wildman–Crippen MR) is 208 cm³/mol. The minimum Gasteiger partial charge on any atom is -0.487 e. The molecule has 2 aromatic heterocycles. The van der Waals surface area contributed by atoms with Crippen molar-refractivity contribution in [2.45, 2.75) is 115 Å². The Morgan fingerprint density at radius 2 is 1.24 bits per heavy atom. The van der Waals surface area contributed by atoms with Gasteiger partial charge in [0.1, 0.15) is 52.9 Å². The maximum Gasteiger partial charge on any atom is 0.339 e. The van der Waals surface area contributed by atoms with Crippen molar-refractivity contribution >= 4 is 11.9 Å². The van der Waals surface area contributed by atoms with E-state index < -0.39 is 43.2 Å². The molecule has 4 atom stereocenters. The smallest absolute Gasteiger partial charge is 0.339 e. The average Bonchev–Trinajstić information content (AvgIpc) is 3.90. The van der Waals surface area contributed by atoms with Crippen LogP contribution >= 0.6 is 0 Å². The van der Waals surface area contributed by atoms with E-state index in [9.17, 15) is 37.4 Å². The number of piperidine rings is 2. The molecule has 4 N–H and O–H groups in total. The van der Waals surface area contributed by atoms with E-state index in [0.717, 1.165) is 32.2 Å². The van der Waals surface area contributed by atoms with Gasteiger partial charge in [0, 0.05) is 25.2 Å². The van der Waals surface area contributed by atoms with Crippen LogP contribution in [0.5, 0.6) is 11.5 Å². The number of alkyl halides is 4. The second kappa shape index (κ2) is 20.7. The topological polar surface area (TPSA) is 190 Å². The highest BCUT2D eigenvalue weighted by atomic mass is 19.3. The summed E-state index contributed by atoms with van der Waals surface area (Å²) in [5.41, 5.74) is -0.782. The fourth-order valence-electron chi connectivity index (χ4n) is 6.20. The zero-order chi connectivity index (χ0) is 43.5. The number of benzene rings is 2. The highest BCUT2D eigenvalue weighted by molar-refractivity contribution is 5.97. The van der Waals surface area contributed by atoms with Gasteiger partial charge in [-0.25, -0.2) is 22.4 Å². The van der Waals surface area contributed by atoms with Gasteiger partial charge in [0.15, 0.2) is 0 Å². The molecule has 2 fully saturated rings. The van der Waals surface area contributed by atoms with Crippen molar-refractivity contribution in [1.29, 1.82) is 0 Å². The predicted octanol–water partition coefficient (Wildman–Crippen LogP) is 5.86. The number of carboxylic acids is 1. The minimum absolute atomic E-state index is 0.0220. The Balaban J connectivity index is 0.000000216. The summed E-state index contributed by atoms with van der Waals surface area (Å²) in [5, 5.41) is 49.2. The summed E-state index contributed by atoms with van der Waals surface area (Å²) in [6.07, 6.45) is 1.71. The number of aromatic carboxylic acids is 1. The lowest BCUT2D eigenvalue weighted by atomic mass is 9.98. The molecule has 15 nitrogen and oxygen atoms in total. The fraction of sp³-hybridized carbons (Fsp3) is 0.550. The largest absolute Gasteiger partial charge is 0.487 e. The number of hydrogen-bond acceptors (Lipinski definition) is 11. The zero-order valence-electron chi connectivity index (χ0n) is 34.0. The average molecular weight is 835 g/mol. The van der Waals surface area contributed by atoms with Crippen LogP contribution < -0.4 is 14.8 Å². The molecule has 0 saturated carbocycles. The number of nitrogens with zero attached hydrogens (tertiary/aromatic N) is 7. The number of nitrogens with one attached hydrogen (secondary N) is 1. The molecule has 19 heteroatoms. The molecule has 4 heterocycles. The summed E-state index contributed by atoms with van der Waals surface area (Å²) < 4.78 is 58.4. The Morgan fingerprint density at radius 3 is 1.69 bits per heavy atom. The standard InChI is InChI=1S/C20H26F2N4O3.C11H20N4O.C9H8F2O3/c1-13-8-9-14(26-23-10-17(24-26)20(2,3)28)11-25(13)19(27)15-6-4-5-7-16(15)29-12-18(21)22;1-8-4-5-9(6-12-8)15-13-7-10(14-15)11(2,3)16;10-8(11)5-14-7-4-2-1-3-6(7)9(12)13/h4-7,10,13-14,18,28H,8-9,11-12H2,1-3H3;7-9,12,16H,4-6H2,1-3H3;1-4,8H,5H2,(H,12,13)/t13-,14-;8-,9-;/m11./s1. The first-order valence-corrected chi connectivity index (χ1v) is 19.3. The van der Waals surface area contributed by atoms with Crippen LogP contribution in [0.25, 0.3) is 0 Å². The van der Waals surface area contributed by atoms with Crippen molar-refractivity contribution in [3.63, 3.8) is 0 Å². The lowest BCUT2D eigenvalue weighted by Crippen LogP contribution is -2.46. The number of amides is 1. The van der Waals surface area contributed by atoms with Crippen LogP contribution in [0, 0.1) is 0 Å². The van der Waals surface area contributed by atoms with Gasteiger partial charge < -0.3 is 35.0 Å². The molecule has 324 valence electrons. The molecule has 0 aliphatic carbocycles. The second-order valence-corrected chi connectivity index (χ2v) is 15.5. The van der Waals surface area contributed by atoms with Crippen molar-refractivity contribution in [3.8, 4) is 11.5 Å². The Hall–Kier alpha value is -5.14. The molecule has 0 spiro atoms. The van der Waals surface area contributed by atoms with Crippen LogP contribution in [0.2, 0.25) is 0 Å². The SMILES string of the molecule is C[C@@H]1CC[C@@H](n2ncc(C(C)(C)O)n2)CN1.C[C@@H]1CC[C@@H](n2ncc(C(C)(C)O)n2)CN1C(=O)c1ccccc1OCC(F)F.O=C(O)c1ccccc1OCC(F)F. The summed E-state index contributed by atoms with van der Waals surface area (Å²) >= 11 is 0. The fourth-order valence-corrected chi connectivity index (χ4v) is 6.20. The van der Waals surface area contributed by atoms with E-state index in [1.807, 2.05) is 6.92 Å². The summed E-state index contributed by atoms with van der Waals surface area (Å²) in [4.78, 5) is 28.8. The maximum atomic E-state index is 13.2. The van der Waals surface area contributed by atoms with Gasteiger partial charge in [-0.3, -0.25) is 4.79 Å². The highest BCUT2D eigenvalue weighted by Gasteiger charge is 2.33. The van der Waals surface area contributed by atoms with Crippen LogP contribution in [0.15, 0.2) is 60.9 Å². The molecule has 59 heavy (non-hydrogen) atoms. The van der Waals surface area contributed by atoms with Crippen molar-refractivity contribution in [2.24, 2.45) is 0 Å². The van der Waals surface area contributed by atoms with Gasteiger partial charge in [0.05, 0.1) is 30.0 Å². The first kappa shape index (κ1) is 46.5. The van der Waals surface area contributed by atoms with Crippen LogP contribution in [-0.4, -0.2) is 113 Å². The van der Waals surface area contributed by atoms with Gasteiger partial charge in [0.2, 0.25) is 0 Å². The molecule has 6 rings (SSSR count). The number of ether oxygens (including phenoxy) is 2. The normalized spacial score (nSPS) is 19.7. The van der Waals surface area contributed by atoms with E-state index in [1.165, 1.54) is 36.5 Å². The lowest BCUT2D eigenvalue weighted by Gasteiger charge is -2.37. The molecule has 2 aromatic carbocycles. The molecule has 2 saturated heterocycles. The molecular weight excluding hydrogens is 780 g/mol. The molecule has 4 aromatic rings. The van der Waals surface area contributed by atoms with Gasteiger partial charge >= 0.3 is 5.97 Å². The van der Waals surface area contributed by atoms with E-state index in [-0.39, 0.29) is 40.6 Å². The Kier molecular flexibility index (Phi) is 16.3. The quantitative estimate of drug-likeness (QED) is 0.125. The maximum absolute atomic E-state index is 13.2. The Morgan fingerprint density at radius 1 is 0.763 bits per heavy atom. The van der Waals surface area contributed by atoms with E-state index in [4.69, 9.17) is 9.84 Å². The molecule has 2 aliphatic rings. The van der Waals surface area contributed by atoms with E-state index >= 15 is 0 Å². The molecular formula is C40H54F4N8O7. The highest BCUT2D eigenvalue weighted by Crippen LogP contribution is 2.30. The summed E-state index contributed by atoms with van der Waals surface area (Å²) in [5.74, 6) is -1.37.